The minimum Gasteiger partial charge on any atom is -0.349 e. The Morgan fingerprint density at radius 2 is 2.15 bits per heavy atom. The van der Waals surface area contributed by atoms with Crippen molar-refractivity contribution in [2.75, 3.05) is 20.1 Å². The highest BCUT2D eigenvalue weighted by Crippen LogP contribution is 2.36. The molecule has 9 heteroatoms. The molecule has 2 heterocycles. The maximum absolute atomic E-state index is 12.5. The summed E-state index contributed by atoms with van der Waals surface area (Å²) in [5.41, 5.74) is 1.13. The van der Waals surface area contributed by atoms with Crippen molar-refractivity contribution in [1.29, 1.82) is 0 Å². The van der Waals surface area contributed by atoms with E-state index in [0.717, 1.165) is 36.0 Å². The van der Waals surface area contributed by atoms with Crippen LogP contribution >= 0.6 is 23.1 Å². The van der Waals surface area contributed by atoms with Gasteiger partial charge in [-0.05, 0) is 52.0 Å². The van der Waals surface area contributed by atoms with Gasteiger partial charge in [-0.15, -0.1) is 11.3 Å². The molecule has 1 aromatic heterocycles. The standard InChI is InChI=1S/C17H20N4O3S2/c1-11-10-25-17(18-11)26-15-4-3-12(9-14(15)21(23)24)16(22)19-13-5-7-20(2)8-6-13/h3-4,9-10,13H,5-8H2,1-2H3,(H,19,22). The number of nitrogens with zero attached hydrogens (tertiary/aromatic N) is 3. The molecule has 0 bridgehead atoms. The largest absolute Gasteiger partial charge is 0.349 e. The van der Waals surface area contributed by atoms with Gasteiger partial charge in [0.15, 0.2) is 4.34 Å². The molecule has 3 rings (SSSR count). The number of thiazole rings is 1. The Balaban J connectivity index is 1.75. The lowest BCUT2D eigenvalue weighted by molar-refractivity contribution is -0.387. The molecule has 0 saturated carbocycles. The Kier molecular flexibility index (Phi) is 5.90. The second-order valence-corrected chi connectivity index (χ2v) is 8.49. The fraction of sp³-hybridized carbons (Fsp3) is 0.412. The highest BCUT2D eigenvalue weighted by Gasteiger charge is 2.22. The number of nitrogens with one attached hydrogen (secondary N) is 1. The van der Waals surface area contributed by atoms with Crippen LogP contribution in [0.5, 0.6) is 0 Å². The van der Waals surface area contributed by atoms with Crippen LogP contribution in [0.4, 0.5) is 5.69 Å². The molecule has 1 aliphatic heterocycles. The zero-order chi connectivity index (χ0) is 18.7. The third-order valence-corrected chi connectivity index (χ3v) is 6.39. The second-order valence-electron chi connectivity index (χ2n) is 6.35. The number of aromatic nitrogens is 1. The molecule has 1 aromatic carbocycles. The van der Waals surface area contributed by atoms with Crippen LogP contribution in [0.25, 0.3) is 0 Å². The summed E-state index contributed by atoms with van der Waals surface area (Å²) in [5.74, 6) is -0.260. The maximum Gasteiger partial charge on any atom is 0.284 e. The molecule has 0 radical (unpaired) electrons. The SMILES string of the molecule is Cc1csc(Sc2ccc(C(=O)NC3CCN(C)CC3)cc2[N+](=O)[O-])n1. The average molecular weight is 393 g/mol. The first-order valence-corrected chi connectivity index (χ1v) is 10.00. The molecule has 0 aliphatic carbocycles. The van der Waals surface area contributed by atoms with E-state index in [-0.39, 0.29) is 17.6 Å². The Bertz CT molecular complexity index is 816. The first-order chi connectivity index (χ1) is 12.4. The van der Waals surface area contributed by atoms with E-state index in [0.29, 0.717) is 10.5 Å². The third-order valence-electron chi connectivity index (χ3n) is 4.27. The predicted octanol–water partition coefficient (Wildman–Crippen LogP) is 3.33. The van der Waals surface area contributed by atoms with Gasteiger partial charge in [0, 0.05) is 28.7 Å². The molecule has 0 spiro atoms. The number of likely N-dealkylation sites (tertiary alicyclic amines) is 1. The van der Waals surface area contributed by atoms with Crippen LogP contribution in [0.1, 0.15) is 28.9 Å². The van der Waals surface area contributed by atoms with Gasteiger partial charge < -0.3 is 10.2 Å². The fourth-order valence-corrected chi connectivity index (χ4v) is 4.66. The van der Waals surface area contributed by atoms with Crippen LogP contribution in [0.2, 0.25) is 0 Å². The van der Waals surface area contributed by atoms with Crippen LogP contribution in [0.3, 0.4) is 0 Å². The van der Waals surface area contributed by atoms with Crippen LogP contribution in [0.15, 0.2) is 32.8 Å². The molecule has 1 fully saturated rings. The van der Waals surface area contributed by atoms with Gasteiger partial charge in [-0.25, -0.2) is 4.98 Å². The smallest absolute Gasteiger partial charge is 0.284 e. The van der Waals surface area contributed by atoms with Crippen LogP contribution < -0.4 is 5.32 Å². The van der Waals surface area contributed by atoms with E-state index in [1.54, 1.807) is 12.1 Å². The molecule has 0 unspecified atom stereocenters. The van der Waals surface area contributed by atoms with Gasteiger partial charge in [-0.2, -0.15) is 0 Å². The van der Waals surface area contributed by atoms with Crippen molar-refractivity contribution in [2.45, 2.75) is 35.0 Å². The van der Waals surface area contributed by atoms with E-state index in [9.17, 15) is 14.9 Å². The van der Waals surface area contributed by atoms with Gasteiger partial charge in [-0.1, -0.05) is 11.8 Å². The number of nitro groups is 1. The van der Waals surface area contributed by atoms with Crippen molar-refractivity contribution < 1.29 is 9.72 Å². The van der Waals surface area contributed by atoms with Crippen LogP contribution in [-0.4, -0.2) is 46.9 Å². The van der Waals surface area contributed by atoms with Crippen LogP contribution in [-0.2, 0) is 0 Å². The van der Waals surface area contributed by atoms with E-state index in [1.165, 1.54) is 29.2 Å². The average Bonchev–Trinajstić information content (AvgIpc) is 3.02. The quantitative estimate of drug-likeness (QED) is 0.620. The minimum atomic E-state index is -0.449. The topological polar surface area (TPSA) is 88.4 Å². The Hall–Kier alpha value is -1.97. The number of carbonyl (C=O) groups excluding carboxylic acids is 1. The molecule has 1 saturated heterocycles. The normalized spacial score (nSPS) is 15.8. The first-order valence-electron chi connectivity index (χ1n) is 8.30. The zero-order valence-electron chi connectivity index (χ0n) is 14.6. The number of amides is 1. The molecule has 138 valence electrons. The Labute approximate surface area is 160 Å². The lowest BCUT2D eigenvalue weighted by Crippen LogP contribution is -2.43. The zero-order valence-corrected chi connectivity index (χ0v) is 16.2. The second kappa shape index (κ2) is 8.15. The summed E-state index contributed by atoms with van der Waals surface area (Å²) in [4.78, 5) is 30.5. The fourth-order valence-electron chi connectivity index (χ4n) is 2.78. The van der Waals surface area contributed by atoms with Crippen molar-refractivity contribution in [3.8, 4) is 0 Å². The summed E-state index contributed by atoms with van der Waals surface area (Å²) in [6, 6.07) is 4.74. The molecular weight excluding hydrogens is 372 g/mol. The summed E-state index contributed by atoms with van der Waals surface area (Å²) < 4.78 is 0.745. The number of nitro benzene ring substituents is 1. The number of hydrogen-bond acceptors (Lipinski definition) is 7. The van der Waals surface area contributed by atoms with Gasteiger partial charge in [0.1, 0.15) is 0 Å². The monoisotopic (exact) mass is 392 g/mol. The van der Waals surface area contributed by atoms with Crippen molar-refractivity contribution in [2.24, 2.45) is 0 Å². The number of piperidine rings is 1. The van der Waals surface area contributed by atoms with E-state index in [4.69, 9.17) is 0 Å². The van der Waals surface area contributed by atoms with Crippen LogP contribution in [0, 0.1) is 17.0 Å². The summed E-state index contributed by atoms with van der Waals surface area (Å²) in [7, 11) is 2.06. The van der Waals surface area contributed by atoms with E-state index >= 15 is 0 Å². The number of benzene rings is 1. The van der Waals surface area contributed by atoms with Gasteiger partial charge in [-0.3, -0.25) is 14.9 Å². The minimum absolute atomic E-state index is 0.0705. The number of rotatable bonds is 5. The highest BCUT2D eigenvalue weighted by molar-refractivity contribution is 8.01. The number of aryl methyl sites for hydroxylation is 1. The molecule has 2 aromatic rings. The van der Waals surface area contributed by atoms with Crippen molar-refractivity contribution >= 4 is 34.7 Å². The van der Waals surface area contributed by atoms with Gasteiger partial charge in [0.2, 0.25) is 0 Å². The molecule has 1 aliphatic rings. The van der Waals surface area contributed by atoms with Crippen molar-refractivity contribution in [3.05, 3.63) is 45.0 Å². The molecule has 0 atom stereocenters. The third kappa shape index (κ3) is 4.60. The van der Waals surface area contributed by atoms with E-state index in [2.05, 4.69) is 22.2 Å². The number of hydrogen-bond donors (Lipinski definition) is 1. The van der Waals surface area contributed by atoms with Gasteiger partial charge in [0.25, 0.3) is 11.6 Å². The lowest BCUT2D eigenvalue weighted by Gasteiger charge is -2.29. The van der Waals surface area contributed by atoms with E-state index in [1.807, 2.05) is 12.3 Å². The van der Waals surface area contributed by atoms with Gasteiger partial charge >= 0.3 is 0 Å². The highest BCUT2D eigenvalue weighted by atomic mass is 32.2. The Morgan fingerprint density at radius 3 is 2.77 bits per heavy atom. The summed E-state index contributed by atoms with van der Waals surface area (Å²) >= 11 is 2.69. The molecule has 1 amide bonds. The van der Waals surface area contributed by atoms with Gasteiger partial charge in [0.05, 0.1) is 9.82 Å². The summed E-state index contributed by atoms with van der Waals surface area (Å²) in [5, 5.41) is 16.3. The molecular formula is C17H20N4O3S2. The lowest BCUT2D eigenvalue weighted by atomic mass is 10.0. The summed E-state index contributed by atoms with van der Waals surface area (Å²) in [6.07, 6.45) is 1.78. The molecule has 1 N–H and O–H groups in total. The Morgan fingerprint density at radius 1 is 1.42 bits per heavy atom. The maximum atomic E-state index is 12.5. The first kappa shape index (κ1) is 18.8. The van der Waals surface area contributed by atoms with Crippen molar-refractivity contribution in [3.63, 3.8) is 0 Å². The molecule has 7 nitrogen and oxygen atoms in total. The predicted molar refractivity (Wildman–Crippen MR) is 102 cm³/mol. The van der Waals surface area contributed by atoms with E-state index < -0.39 is 4.92 Å². The number of carbonyl (C=O) groups is 1. The van der Waals surface area contributed by atoms with Crippen molar-refractivity contribution in [1.82, 2.24) is 15.2 Å². The summed E-state index contributed by atoms with van der Waals surface area (Å²) in [6.45, 7) is 3.76. The molecule has 26 heavy (non-hydrogen) atoms.